The zero-order valence-electron chi connectivity index (χ0n) is 8.86. The largest absolute Gasteiger partial charge is 0.491 e. The number of nitro groups is 1. The molecule has 17 heavy (non-hydrogen) atoms. The molecule has 0 N–H and O–H groups in total. The minimum atomic E-state index is -0.684. The van der Waals surface area contributed by atoms with Gasteiger partial charge in [-0.05, 0) is 29.5 Å². The first-order valence-corrected chi connectivity index (χ1v) is 4.69. The van der Waals surface area contributed by atoms with E-state index < -0.39 is 10.9 Å². The first kappa shape index (κ1) is 10.8. The maximum absolute atomic E-state index is 10.5. The van der Waals surface area contributed by atoms with Gasteiger partial charge in [0.15, 0.2) is 0 Å². The lowest BCUT2D eigenvalue weighted by atomic mass is 10.1. The Morgan fingerprint density at radius 1 is 1.53 bits per heavy atom. The molecule has 0 spiro atoms. The van der Waals surface area contributed by atoms with Gasteiger partial charge in [-0.25, -0.2) is 0 Å². The number of aromatic nitrogens is 3. The number of nitriles is 1. The molecule has 0 unspecified atom stereocenters. The summed E-state index contributed by atoms with van der Waals surface area (Å²) >= 11 is 0. The van der Waals surface area contributed by atoms with Crippen molar-refractivity contribution in [3.05, 3.63) is 45.8 Å². The molecule has 0 saturated carbocycles. The quantitative estimate of drug-likeness (QED) is 0.571. The molecule has 84 valence electrons. The van der Waals surface area contributed by atoms with E-state index in [0.29, 0.717) is 11.3 Å². The normalized spacial score (nSPS) is 9.88. The minimum Gasteiger partial charge on any atom is -0.390 e. The molecule has 0 bridgehead atoms. The number of rotatable bonds is 2. The Bertz CT molecular complexity index is 626. The molecule has 2 aromatic rings. The Balaban J connectivity index is 2.53. The molecule has 0 aliphatic heterocycles. The fourth-order valence-corrected chi connectivity index (χ4v) is 1.39. The Kier molecular flexibility index (Phi) is 2.54. The SMILES string of the molecule is Cc1ccc(-n2cnc([N+](=O)[O-])n2)c(C#N)c1. The van der Waals surface area contributed by atoms with Crippen LogP contribution in [0.1, 0.15) is 11.1 Å². The molecule has 0 radical (unpaired) electrons. The zero-order valence-corrected chi connectivity index (χ0v) is 8.86. The number of aryl methyl sites for hydroxylation is 1. The molecule has 1 aromatic carbocycles. The fraction of sp³-hybridized carbons (Fsp3) is 0.100. The lowest BCUT2D eigenvalue weighted by Gasteiger charge is -2.00. The summed E-state index contributed by atoms with van der Waals surface area (Å²) in [5, 5.41) is 23.1. The van der Waals surface area contributed by atoms with Crippen molar-refractivity contribution in [2.24, 2.45) is 0 Å². The lowest BCUT2D eigenvalue weighted by molar-refractivity contribution is -0.394. The molecule has 0 atom stereocenters. The van der Waals surface area contributed by atoms with Crippen molar-refractivity contribution in [1.29, 1.82) is 5.26 Å². The summed E-state index contributed by atoms with van der Waals surface area (Å²) in [7, 11) is 0. The van der Waals surface area contributed by atoms with E-state index in [0.717, 1.165) is 5.56 Å². The van der Waals surface area contributed by atoms with Crippen molar-refractivity contribution >= 4 is 5.95 Å². The van der Waals surface area contributed by atoms with Gasteiger partial charge in [0.1, 0.15) is 11.8 Å². The second-order valence-electron chi connectivity index (χ2n) is 3.38. The second kappa shape index (κ2) is 4.02. The molecule has 0 amide bonds. The maximum Gasteiger partial charge on any atom is 0.491 e. The van der Waals surface area contributed by atoms with Gasteiger partial charge in [0, 0.05) is 5.10 Å². The monoisotopic (exact) mass is 229 g/mol. The smallest absolute Gasteiger partial charge is 0.390 e. The molecule has 2 rings (SSSR count). The van der Waals surface area contributed by atoms with Crippen LogP contribution in [0.4, 0.5) is 5.95 Å². The van der Waals surface area contributed by atoms with Gasteiger partial charge in [-0.15, -0.1) is 4.68 Å². The predicted octanol–water partition coefficient (Wildman–Crippen LogP) is 1.36. The molecule has 1 heterocycles. The van der Waals surface area contributed by atoms with Crippen LogP contribution in [0.25, 0.3) is 5.69 Å². The highest BCUT2D eigenvalue weighted by Gasteiger charge is 2.16. The van der Waals surface area contributed by atoms with Gasteiger partial charge < -0.3 is 10.1 Å². The molecular formula is C10H7N5O2. The average Bonchev–Trinajstić information content (AvgIpc) is 2.78. The van der Waals surface area contributed by atoms with Crippen LogP contribution in [0.5, 0.6) is 0 Å². The Morgan fingerprint density at radius 3 is 2.88 bits per heavy atom. The number of hydrogen-bond donors (Lipinski definition) is 0. The molecule has 7 nitrogen and oxygen atoms in total. The van der Waals surface area contributed by atoms with Gasteiger partial charge in [-0.1, -0.05) is 11.1 Å². The number of benzene rings is 1. The topological polar surface area (TPSA) is 97.6 Å². The van der Waals surface area contributed by atoms with Crippen molar-refractivity contribution in [2.45, 2.75) is 6.92 Å². The first-order valence-electron chi connectivity index (χ1n) is 4.69. The van der Waals surface area contributed by atoms with E-state index in [1.54, 1.807) is 18.2 Å². The predicted molar refractivity (Wildman–Crippen MR) is 57.5 cm³/mol. The standard InChI is InChI=1S/C10H7N5O2/c1-7-2-3-9(8(4-7)5-11)14-6-12-10(13-14)15(16)17/h2-4,6H,1H3. The summed E-state index contributed by atoms with van der Waals surface area (Å²) in [6, 6.07) is 7.17. The summed E-state index contributed by atoms with van der Waals surface area (Å²) in [6.07, 6.45) is 1.21. The van der Waals surface area contributed by atoms with Crippen LogP contribution in [0.15, 0.2) is 24.5 Å². The van der Waals surface area contributed by atoms with E-state index in [-0.39, 0.29) is 0 Å². The summed E-state index contributed by atoms with van der Waals surface area (Å²) in [6.45, 7) is 1.86. The Morgan fingerprint density at radius 2 is 2.29 bits per heavy atom. The van der Waals surface area contributed by atoms with E-state index in [9.17, 15) is 10.1 Å². The summed E-state index contributed by atoms with van der Waals surface area (Å²) in [5.41, 5.74) is 1.79. The third-order valence-electron chi connectivity index (χ3n) is 2.16. The maximum atomic E-state index is 10.5. The highest BCUT2D eigenvalue weighted by atomic mass is 16.6. The zero-order chi connectivity index (χ0) is 12.4. The molecule has 0 aliphatic rings. The molecule has 0 saturated heterocycles. The van der Waals surface area contributed by atoms with E-state index >= 15 is 0 Å². The van der Waals surface area contributed by atoms with Gasteiger partial charge in [-0.3, -0.25) is 0 Å². The van der Waals surface area contributed by atoms with Crippen LogP contribution in [0.3, 0.4) is 0 Å². The van der Waals surface area contributed by atoms with Gasteiger partial charge in [0.2, 0.25) is 6.33 Å². The lowest BCUT2D eigenvalue weighted by Crippen LogP contribution is -1.99. The van der Waals surface area contributed by atoms with Gasteiger partial charge in [0.05, 0.1) is 5.56 Å². The number of nitrogens with zero attached hydrogens (tertiary/aromatic N) is 5. The Hall–Kier alpha value is -2.75. The second-order valence-corrected chi connectivity index (χ2v) is 3.38. The van der Waals surface area contributed by atoms with Crippen molar-refractivity contribution in [3.63, 3.8) is 0 Å². The van der Waals surface area contributed by atoms with Gasteiger partial charge >= 0.3 is 5.95 Å². The van der Waals surface area contributed by atoms with Gasteiger partial charge in [0.25, 0.3) is 0 Å². The van der Waals surface area contributed by atoms with Crippen LogP contribution < -0.4 is 0 Å². The molecular weight excluding hydrogens is 222 g/mol. The van der Waals surface area contributed by atoms with Crippen LogP contribution >= 0.6 is 0 Å². The molecule has 0 fully saturated rings. The van der Waals surface area contributed by atoms with E-state index in [1.165, 1.54) is 11.0 Å². The van der Waals surface area contributed by atoms with Crippen LogP contribution in [-0.4, -0.2) is 19.7 Å². The van der Waals surface area contributed by atoms with Crippen LogP contribution in [0, 0.1) is 28.4 Å². The van der Waals surface area contributed by atoms with E-state index in [1.807, 2.05) is 13.0 Å². The minimum absolute atomic E-state index is 0.393. The van der Waals surface area contributed by atoms with Gasteiger partial charge in [-0.2, -0.15) is 5.26 Å². The number of hydrogen-bond acceptors (Lipinski definition) is 5. The molecule has 7 heteroatoms. The van der Waals surface area contributed by atoms with Crippen LogP contribution in [0.2, 0.25) is 0 Å². The van der Waals surface area contributed by atoms with E-state index in [2.05, 4.69) is 10.1 Å². The Labute approximate surface area is 96.1 Å². The van der Waals surface area contributed by atoms with Crippen molar-refractivity contribution in [3.8, 4) is 11.8 Å². The van der Waals surface area contributed by atoms with Crippen molar-refractivity contribution in [1.82, 2.24) is 14.8 Å². The summed E-state index contributed by atoms with van der Waals surface area (Å²) in [4.78, 5) is 13.3. The summed E-state index contributed by atoms with van der Waals surface area (Å²) < 4.78 is 1.22. The molecule has 0 aliphatic carbocycles. The average molecular weight is 229 g/mol. The molecule has 1 aromatic heterocycles. The fourth-order valence-electron chi connectivity index (χ4n) is 1.39. The highest BCUT2D eigenvalue weighted by Crippen LogP contribution is 2.15. The van der Waals surface area contributed by atoms with Crippen molar-refractivity contribution < 1.29 is 4.92 Å². The third-order valence-corrected chi connectivity index (χ3v) is 2.16. The van der Waals surface area contributed by atoms with Crippen molar-refractivity contribution in [2.75, 3.05) is 0 Å². The van der Waals surface area contributed by atoms with Crippen LogP contribution in [-0.2, 0) is 0 Å². The highest BCUT2D eigenvalue weighted by molar-refractivity contribution is 5.49. The van der Waals surface area contributed by atoms with E-state index in [4.69, 9.17) is 5.26 Å². The first-order chi connectivity index (χ1) is 8.11. The third kappa shape index (κ3) is 1.96. The summed E-state index contributed by atoms with van der Waals surface area (Å²) in [5.74, 6) is -0.491.